The summed E-state index contributed by atoms with van der Waals surface area (Å²) in [5.74, 6) is -0.444. The number of nitrogens with zero attached hydrogens (tertiary/aromatic N) is 1. The van der Waals surface area contributed by atoms with Gasteiger partial charge in [0.15, 0.2) is 0 Å². The van der Waals surface area contributed by atoms with Crippen molar-refractivity contribution in [2.75, 3.05) is 0 Å². The minimum atomic E-state index is -1.35. The highest BCUT2D eigenvalue weighted by molar-refractivity contribution is 4.93. The molecule has 124 valence electrons. The van der Waals surface area contributed by atoms with Gasteiger partial charge in [-0.25, -0.2) is 4.39 Å². The van der Waals surface area contributed by atoms with E-state index in [9.17, 15) is 4.39 Å². The van der Waals surface area contributed by atoms with Crippen molar-refractivity contribution in [2.24, 2.45) is 5.92 Å². The van der Waals surface area contributed by atoms with Crippen molar-refractivity contribution in [3.63, 3.8) is 0 Å². The molecule has 0 aromatic carbocycles. The molecule has 0 aliphatic heterocycles. The summed E-state index contributed by atoms with van der Waals surface area (Å²) >= 11 is 0. The van der Waals surface area contributed by atoms with E-state index >= 15 is 0 Å². The molecule has 0 amide bonds. The molecule has 0 aromatic rings. The van der Waals surface area contributed by atoms with Gasteiger partial charge in [0.2, 0.25) is 0 Å². The van der Waals surface area contributed by atoms with Crippen LogP contribution in [0.4, 0.5) is 4.39 Å². The van der Waals surface area contributed by atoms with Crippen LogP contribution < -0.4 is 0 Å². The number of unbranched alkanes of at least 4 members (excludes halogenated alkanes) is 11. The van der Waals surface area contributed by atoms with Gasteiger partial charge in [0.05, 0.1) is 12.0 Å². The molecule has 0 saturated heterocycles. The lowest BCUT2D eigenvalue weighted by Gasteiger charge is -2.20. The average molecular weight is 298 g/mol. The Balaban J connectivity index is 3.28. The molecule has 2 heteroatoms. The summed E-state index contributed by atoms with van der Waals surface area (Å²) < 4.78 is 13.7. The first-order valence-corrected chi connectivity index (χ1v) is 9.11. The molecule has 0 saturated carbocycles. The maximum Gasteiger partial charge on any atom is 0.121 e. The van der Waals surface area contributed by atoms with Gasteiger partial charge in [-0.05, 0) is 20.3 Å². The lowest BCUT2D eigenvalue weighted by molar-refractivity contribution is 0.150. The van der Waals surface area contributed by atoms with Crippen LogP contribution in [0.2, 0.25) is 0 Å². The molecule has 21 heavy (non-hydrogen) atoms. The summed E-state index contributed by atoms with van der Waals surface area (Å²) in [6.07, 6.45) is 16.4. The van der Waals surface area contributed by atoms with Gasteiger partial charge in [-0.3, -0.25) is 0 Å². The van der Waals surface area contributed by atoms with Crippen LogP contribution in [0.15, 0.2) is 0 Å². The average Bonchev–Trinajstić information content (AvgIpc) is 2.42. The molecule has 0 bridgehead atoms. The molecule has 0 N–H and O–H groups in total. The lowest BCUT2D eigenvalue weighted by Crippen LogP contribution is -2.24. The molecule has 1 atom stereocenters. The number of alkyl halides is 1. The van der Waals surface area contributed by atoms with E-state index in [1.54, 1.807) is 0 Å². The van der Waals surface area contributed by atoms with Crippen LogP contribution >= 0.6 is 0 Å². The van der Waals surface area contributed by atoms with Gasteiger partial charge in [-0.2, -0.15) is 5.26 Å². The summed E-state index contributed by atoms with van der Waals surface area (Å²) in [4.78, 5) is 0. The maximum absolute atomic E-state index is 13.7. The molecule has 0 fully saturated rings. The largest absolute Gasteiger partial charge is 0.243 e. The summed E-state index contributed by atoms with van der Waals surface area (Å²) in [6, 6.07) is 2.11. The third-order valence-electron chi connectivity index (χ3n) is 4.33. The normalized spacial score (nSPS) is 13.1. The van der Waals surface area contributed by atoms with E-state index in [0.29, 0.717) is 6.42 Å². The predicted octanol–water partition coefficient (Wildman–Crippen LogP) is 6.97. The summed E-state index contributed by atoms with van der Waals surface area (Å²) in [5.41, 5.74) is -1.35. The fraction of sp³-hybridized carbons (Fsp3) is 0.947. The van der Waals surface area contributed by atoms with Crippen LogP contribution in [-0.2, 0) is 0 Å². The maximum atomic E-state index is 13.7. The van der Waals surface area contributed by atoms with Gasteiger partial charge < -0.3 is 0 Å². The zero-order chi connectivity index (χ0) is 16.0. The molecule has 0 rings (SSSR count). The van der Waals surface area contributed by atoms with Crippen molar-refractivity contribution in [2.45, 2.75) is 110 Å². The third-order valence-corrected chi connectivity index (χ3v) is 4.33. The van der Waals surface area contributed by atoms with Gasteiger partial charge in [-0.15, -0.1) is 0 Å². The van der Waals surface area contributed by atoms with Crippen molar-refractivity contribution in [1.82, 2.24) is 0 Å². The number of rotatable bonds is 14. The highest BCUT2D eigenvalue weighted by Crippen LogP contribution is 2.26. The molecule has 0 aliphatic rings. The van der Waals surface area contributed by atoms with Crippen molar-refractivity contribution in [3.8, 4) is 6.07 Å². The standard InChI is InChI=1S/C19H36FN/c1-4-5-6-7-8-9-10-11-12-13-14-15-16-18(17-21)19(2,3)20/h18H,4-16H2,1-3H3. The lowest BCUT2D eigenvalue weighted by atomic mass is 9.89. The number of halogens is 1. The van der Waals surface area contributed by atoms with Gasteiger partial charge in [0.1, 0.15) is 5.67 Å². The zero-order valence-electron chi connectivity index (χ0n) is 14.6. The smallest absolute Gasteiger partial charge is 0.121 e. The Bertz CT molecular complexity index is 262. The molecule has 0 heterocycles. The Morgan fingerprint density at radius 2 is 1.19 bits per heavy atom. The van der Waals surface area contributed by atoms with Crippen molar-refractivity contribution in [1.29, 1.82) is 5.26 Å². The van der Waals surface area contributed by atoms with Crippen molar-refractivity contribution >= 4 is 0 Å². The Hall–Kier alpha value is -0.580. The van der Waals surface area contributed by atoms with Crippen LogP contribution in [0.3, 0.4) is 0 Å². The Kier molecular flexibility index (Phi) is 12.7. The minimum Gasteiger partial charge on any atom is -0.243 e. The molecule has 0 aliphatic carbocycles. The Labute approximate surface area is 132 Å². The van der Waals surface area contributed by atoms with E-state index in [2.05, 4.69) is 13.0 Å². The molecule has 0 radical (unpaired) electrons. The molecular weight excluding hydrogens is 261 g/mol. The van der Waals surface area contributed by atoms with Gasteiger partial charge >= 0.3 is 0 Å². The fourth-order valence-corrected chi connectivity index (χ4v) is 2.75. The van der Waals surface area contributed by atoms with Crippen LogP contribution in [0, 0.1) is 17.2 Å². The first-order valence-electron chi connectivity index (χ1n) is 9.11. The van der Waals surface area contributed by atoms with Crippen LogP contribution in [-0.4, -0.2) is 5.67 Å². The van der Waals surface area contributed by atoms with Crippen molar-refractivity contribution in [3.05, 3.63) is 0 Å². The second kappa shape index (κ2) is 13.1. The highest BCUT2D eigenvalue weighted by Gasteiger charge is 2.28. The summed E-state index contributed by atoms with van der Waals surface area (Å²) in [5, 5.41) is 8.95. The SMILES string of the molecule is CCCCCCCCCCCCCCC(C#N)C(C)(C)F. The number of hydrogen-bond donors (Lipinski definition) is 0. The molecule has 1 nitrogen and oxygen atoms in total. The topological polar surface area (TPSA) is 23.8 Å². The second-order valence-corrected chi connectivity index (χ2v) is 6.92. The van der Waals surface area contributed by atoms with Gasteiger partial charge in [0, 0.05) is 0 Å². The predicted molar refractivity (Wildman–Crippen MR) is 90.0 cm³/mol. The zero-order valence-corrected chi connectivity index (χ0v) is 14.6. The summed E-state index contributed by atoms with van der Waals surface area (Å²) in [7, 11) is 0. The molecule has 0 aromatic heterocycles. The van der Waals surface area contributed by atoms with Crippen LogP contribution in [0.25, 0.3) is 0 Å². The molecular formula is C19H36FN. The van der Waals surface area contributed by atoms with Gasteiger partial charge in [-0.1, -0.05) is 84.0 Å². The molecule has 0 spiro atoms. The van der Waals surface area contributed by atoms with Crippen LogP contribution in [0.1, 0.15) is 104 Å². The monoisotopic (exact) mass is 297 g/mol. The van der Waals surface area contributed by atoms with Crippen LogP contribution in [0.5, 0.6) is 0 Å². The fourth-order valence-electron chi connectivity index (χ4n) is 2.75. The van der Waals surface area contributed by atoms with E-state index in [-0.39, 0.29) is 0 Å². The van der Waals surface area contributed by atoms with Gasteiger partial charge in [0.25, 0.3) is 0 Å². The van der Waals surface area contributed by atoms with E-state index in [0.717, 1.165) is 12.8 Å². The second-order valence-electron chi connectivity index (χ2n) is 6.92. The summed E-state index contributed by atoms with van der Waals surface area (Å²) in [6.45, 7) is 5.29. The van der Waals surface area contributed by atoms with E-state index in [1.165, 1.54) is 78.1 Å². The first-order chi connectivity index (χ1) is 10.0. The number of nitriles is 1. The first kappa shape index (κ1) is 20.4. The third kappa shape index (κ3) is 12.8. The number of hydrogen-bond acceptors (Lipinski definition) is 1. The van der Waals surface area contributed by atoms with E-state index < -0.39 is 11.6 Å². The molecule has 1 unspecified atom stereocenters. The quantitative estimate of drug-likeness (QED) is 0.318. The van der Waals surface area contributed by atoms with E-state index in [4.69, 9.17) is 5.26 Å². The Morgan fingerprint density at radius 1 is 0.810 bits per heavy atom. The van der Waals surface area contributed by atoms with Crippen molar-refractivity contribution < 1.29 is 4.39 Å². The Morgan fingerprint density at radius 3 is 1.52 bits per heavy atom. The minimum absolute atomic E-state index is 0.444. The highest BCUT2D eigenvalue weighted by atomic mass is 19.1. The van der Waals surface area contributed by atoms with E-state index in [1.807, 2.05) is 0 Å².